The minimum absolute atomic E-state index is 0.0182. The molecule has 2 rings (SSSR count). The zero-order chi connectivity index (χ0) is 15.4. The van der Waals surface area contributed by atoms with Crippen LogP contribution in [-0.2, 0) is 0 Å². The van der Waals surface area contributed by atoms with Gasteiger partial charge < -0.3 is 15.4 Å². The molecule has 5 nitrogen and oxygen atoms in total. The average Bonchev–Trinajstić information content (AvgIpc) is 2.93. The van der Waals surface area contributed by atoms with Gasteiger partial charge in [0.15, 0.2) is 6.29 Å². The van der Waals surface area contributed by atoms with E-state index in [4.69, 9.17) is 23.2 Å². The normalized spacial score (nSPS) is 12.0. The smallest absolute Gasteiger partial charge is 0.267 e. The summed E-state index contributed by atoms with van der Waals surface area (Å²) < 4.78 is 0. The Morgan fingerprint density at radius 2 is 2.10 bits per heavy atom. The second-order valence-electron chi connectivity index (χ2n) is 4.34. The van der Waals surface area contributed by atoms with Crippen LogP contribution in [0.3, 0.4) is 0 Å². The second kappa shape index (κ2) is 6.76. The molecule has 0 aliphatic heterocycles. The Balaban J connectivity index is 1.98. The van der Waals surface area contributed by atoms with Gasteiger partial charge >= 0.3 is 0 Å². The molecule has 3 N–H and O–H groups in total. The van der Waals surface area contributed by atoms with Crippen LogP contribution in [0.1, 0.15) is 32.6 Å². The Morgan fingerprint density at radius 3 is 2.71 bits per heavy atom. The van der Waals surface area contributed by atoms with Crippen molar-refractivity contribution in [3.63, 3.8) is 0 Å². The Labute approximate surface area is 130 Å². The zero-order valence-corrected chi connectivity index (χ0v) is 12.3. The van der Waals surface area contributed by atoms with Gasteiger partial charge in [-0.05, 0) is 24.3 Å². The highest BCUT2D eigenvalue weighted by molar-refractivity contribution is 6.35. The van der Waals surface area contributed by atoms with Gasteiger partial charge in [-0.15, -0.1) is 0 Å². The number of hydrogen-bond donors (Lipinski definition) is 3. The number of rotatable bonds is 5. The summed E-state index contributed by atoms with van der Waals surface area (Å²) in [7, 11) is 0. The first-order valence-corrected chi connectivity index (χ1v) is 6.82. The summed E-state index contributed by atoms with van der Waals surface area (Å²) in [5.41, 5.74) is 1.02. The van der Waals surface area contributed by atoms with E-state index in [1.807, 2.05) is 0 Å². The largest absolute Gasteiger partial charge is 0.387 e. The number of halogens is 2. The van der Waals surface area contributed by atoms with Gasteiger partial charge in [0.2, 0.25) is 0 Å². The van der Waals surface area contributed by atoms with E-state index in [2.05, 4.69) is 10.3 Å². The third kappa shape index (κ3) is 3.85. The number of aliphatic hydroxyl groups excluding tert-OH is 1. The fraction of sp³-hybridized carbons (Fsp3) is 0.143. The molecule has 0 aliphatic carbocycles. The van der Waals surface area contributed by atoms with E-state index in [1.165, 1.54) is 18.2 Å². The number of aldehydes is 1. The van der Waals surface area contributed by atoms with Gasteiger partial charge in [0.1, 0.15) is 5.69 Å². The predicted molar refractivity (Wildman–Crippen MR) is 79.9 cm³/mol. The fourth-order valence-electron chi connectivity index (χ4n) is 1.78. The number of amides is 1. The third-order valence-electron chi connectivity index (χ3n) is 2.86. The van der Waals surface area contributed by atoms with E-state index < -0.39 is 12.0 Å². The summed E-state index contributed by atoms with van der Waals surface area (Å²) >= 11 is 11.8. The molecule has 0 aliphatic rings. The summed E-state index contributed by atoms with van der Waals surface area (Å²) in [5.74, 6) is -0.424. The quantitative estimate of drug-likeness (QED) is 0.738. The Morgan fingerprint density at radius 1 is 1.33 bits per heavy atom. The lowest BCUT2D eigenvalue weighted by atomic mass is 10.1. The van der Waals surface area contributed by atoms with E-state index in [9.17, 15) is 14.7 Å². The van der Waals surface area contributed by atoms with Crippen LogP contribution in [0.5, 0.6) is 0 Å². The van der Waals surface area contributed by atoms with Crippen LogP contribution in [-0.4, -0.2) is 28.8 Å². The number of hydrogen-bond acceptors (Lipinski definition) is 3. The van der Waals surface area contributed by atoms with Crippen LogP contribution < -0.4 is 5.32 Å². The summed E-state index contributed by atoms with van der Waals surface area (Å²) in [6, 6.07) is 7.70. The van der Waals surface area contributed by atoms with Gasteiger partial charge in [-0.25, -0.2) is 0 Å². The molecule has 1 unspecified atom stereocenters. The lowest BCUT2D eigenvalue weighted by Crippen LogP contribution is -2.28. The van der Waals surface area contributed by atoms with Crippen LogP contribution in [0.25, 0.3) is 0 Å². The fourth-order valence-corrected chi connectivity index (χ4v) is 2.31. The van der Waals surface area contributed by atoms with E-state index in [1.54, 1.807) is 12.1 Å². The molecule has 1 aromatic carbocycles. The molecule has 0 saturated heterocycles. The van der Waals surface area contributed by atoms with Gasteiger partial charge in [0.05, 0.1) is 11.8 Å². The number of carbonyl (C=O) groups excluding carboxylic acids is 2. The lowest BCUT2D eigenvalue weighted by molar-refractivity contribution is 0.0912. The van der Waals surface area contributed by atoms with Gasteiger partial charge in [0, 0.05) is 22.2 Å². The molecule has 1 atom stereocenters. The Bertz CT molecular complexity index is 670. The van der Waals surface area contributed by atoms with Crippen molar-refractivity contribution in [3.05, 3.63) is 57.3 Å². The molecule has 0 fully saturated rings. The van der Waals surface area contributed by atoms with Crippen LogP contribution in [0, 0.1) is 0 Å². The molecule has 1 aromatic heterocycles. The predicted octanol–water partition coefficient (Wildman–Crippen LogP) is 2.60. The Hall–Kier alpha value is -1.82. The number of aromatic amines is 1. The molecule has 0 saturated carbocycles. The number of aromatic nitrogens is 1. The van der Waals surface area contributed by atoms with Gasteiger partial charge in [-0.2, -0.15) is 0 Å². The van der Waals surface area contributed by atoms with Crippen molar-refractivity contribution in [1.82, 2.24) is 10.3 Å². The Kier molecular flexibility index (Phi) is 5.01. The number of benzene rings is 1. The van der Waals surface area contributed by atoms with Crippen molar-refractivity contribution in [1.29, 1.82) is 0 Å². The molecule has 110 valence electrons. The summed E-state index contributed by atoms with van der Waals surface area (Å²) in [6.45, 7) is -0.0182. The number of aliphatic hydroxyl groups is 1. The maximum atomic E-state index is 11.8. The van der Waals surface area contributed by atoms with Crippen molar-refractivity contribution < 1.29 is 14.7 Å². The average molecular weight is 327 g/mol. The van der Waals surface area contributed by atoms with E-state index in [-0.39, 0.29) is 12.2 Å². The molecular weight excluding hydrogens is 315 g/mol. The van der Waals surface area contributed by atoms with E-state index >= 15 is 0 Å². The third-order valence-corrected chi connectivity index (χ3v) is 3.42. The van der Waals surface area contributed by atoms with Crippen LogP contribution in [0.4, 0.5) is 0 Å². The minimum Gasteiger partial charge on any atom is -0.387 e. The molecule has 7 heteroatoms. The van der Waals surface area contributed by atoms with Crippen LogP contribution in [0.2, 0.25) is 10.0 Å². The first kappa shape index (κ1) is 15.6. The number of nitrogens with one attached hydrogen (secondary N) is 2. The lowest BCUT2D eigenvalue weighted by Gasteiger charge is -2.13. The van der Waals surface area contributed by atoms with E-state index in [0.29, 0.717) is 27.6 Å². The van der Waals surface area contributed by atoms with Gasteiger partial charge in [-0.3, -0.25) is 9.59 Å². The topological polar surface area (TPSA) is 82.2 Å². The van der Waals surface area contributed by atoms with Gasteiger partial charge in [-0.1, -0.05) is 29.3 Å². The van der Waals surface area contributed by atoms with Crippen molar-refractivity contribution >= 4 is 35.4 Å². The first-order chi connectivity index (χ1) is 10.0. The maximum absolute atomic E-state index is 11.8. The molecule has 1 amide bonds. The summed E-state index contributed by atoms with van der Waals surface area (Å²) in [6.07, 6.45) is -0.349. The highest BCUT2D eigenvalue weighted by Crippen LogP contribution is 2.25. The molecule has 0 bridgehead atoms. The van der Waals surface area contributed by atoms with Crippen molar-refractivity contribution in [2.75, 3.05) is 6.54 Å². The number of carbonyl (C=O) groups is 2. The first-order valence-electron chi connectivity index (χ1n) is 6.06. The molecule has 0 spiro atoms. The van der Waals surface area contributed by atoms with Crippen molar-refractivity contribution in [2.45, 2.75) is 6.10 Å². The number of H-pyrrole nitrogens is 1. The molecular formula is C14H12Cl2N2O3. The van der Waals surface area contributed by atoms with Crippen LogP contribution >= 0.6 is 23.2 Å². The van der Waals surface area contributed by atoms with Gasteiger partial charge in [0.25, 0.3) is 5.91 Å². The van der Waals surface area contributed by atoms with Crippen molar-refractivity contribution in [2.24, 2.45) is 0 Å². The highest BCUT2D eigenvalue weighted by atomic mass is 35.5. The summed E-state index contributed by atoms with van der Waals surface area (Å²) in [5, 5.41) is 13.4. The minimum atomic E-state index is -0.959. The molecule has 1 heterocycles. The monoisotopic (exact) mass is 326 g/mol. The zero-order valence-electron chi connectivity index (χ0n) is 10.8. The van der Waals surface area contributed by atoms with Crippen molar-refractivity contribution in [3.8, 4) is 0 Å². The standard InChI is InChI=1S/C14H12Cl2N2O3/c15-8-1-3-10(11(16)5-8)13(20)6-17-14(21)12-4-2-9(7-19)18-12/h1-5,7,13,18,20H,6H2,(H,17,21). The second-order valence-corrected chi connectivity index (χ2v) is 5.18. The molecule has 21 heavy (non-hydrogen) atoms. The SMILES string of the molecule is O=Cc1ccc(C(=O)NCC(O)c2ccc(Cl)cc2Cl)[nH]1. The maximum Gasteiger partial charge on any atom is 0.267 e. The van der Waals surface area contributed by atoms with E-state index in [0.717, 1.165) is 0 Å². The van der Waals surface area contributed by atoms with Crippen LogP contribution in [0.15, 0.2) is 30.3 Å². The molecule has 2 aromatic rings. The highest BCUT2D eigenvalue weighted by Gasteiger charge is 2.14. The molecule has 0 radical (unpaired) electrons. The summed E-state index contributed by atoms with van der Waals surface area (Å²) in [4.78, 5) is 25.0.